The lowest BCUT2D eigenvalue weighted by Crippen LogP contribution is -2.46. The van der Waals surface area contributed by atoms with Crippen molar-refractivity contribution in [3.8, 4) is 17.2 Å². The Kier molecular flexibility index (Phi) is 7.29. The fourth-order valence-electron chi connectivity index (χ4n) is 4.04. The standard InChI is InChI=1S/C26H30N2O5S/c1-20-8-11-22(12-9-20)34(29,30)33-24-7-5-4-6-23(24)28-16-14-27(15-17-28)19-21-10-13-25(31-2)26(18-21)32-3/h4-13,18H,14-17,19H2,1-3H3. The average Bonchev–Trinajstić information content (AvgIpc) is 2.85. The highest BCUT2D eigenvalue weighted by Crippen LogP contribution is 2.32. The maximum atomic E-state index is 12.8. The van der Waals surface area contributed by atoms with E-state index in [1.165, 1.54) is 0 Å². The molecule has 4 rings (SSSR count). The Morgan fingerprint density at radius 3 is 2.15 bits per heavy atom. The van der Waals surface area contributed by atoms with E-state index in [1.807, 2.05) is 37.3 Å². The number of methoxy groups -OCH3 is 2. The van der Waals surface area contributed by atoms with E-state index in [0.29, 0.717) is 11.5 Å². The van der Waals surface area contributed by atoms with E-state index in [2.05, 4.69) is 9.80 Å². The number of rotatable bonds is 8. The topological polar surface area (TPSA) is 68.3 Å². The second-order valence-corrected chi connectivity index (χ2v) is 9.82. The Morgan fingerprint density at radius 1 is 0.794 bits per heavy atom. The fraction of sp³-hybridized carbons (Fsp3) is 0.308. The number of anilines is 1. The zero-order chi connectivity index (χ0) is 24.1. The van der Waals surface area contributed by atoms with Crippen LogP contribution < -0.4 is 18.6 Å². The Bertz CT molecular complexity index is 1220. The Morgan fingerprint density at radius 2 is 1.47 bits per heavy atom. The van der Waals surface area contributed by atoms with Crippen LogP contribution in [-0.4, -0.2) is 53.7 Å². The first-order valence-corrected chi connectivity index (χ1v) is 12.6. The fourth-order valence-corrected chi connectivity index (χ4v) is 4.99. The van der Waals surface area contributed by atoms with E-state index in [4.69, 9.17) is 13.7 Å². The molecule has 1 saturated heterocycles. The first-order valence-electron chi connectivity index (χ1n) is 11.2. The van der Waals surface area contributed by atoms with Crippen molar-refractivity contribution < 1.29 is 22.1 Å². The van der Waals surface area contributed by atoms with Crippen LogP contribution in [0.3, 0.4) is 0 Å². The highest BCUT2D eigenvalue weighted by molar-refractivity contribution is 7.87. The number of hydrogen-bond acceptors (Lipinski definition) is 7. The van der Waals surface area contributed by atoms with Crippen LogP contribution in [0.15, 0.2) is 71.6 Å². The number of piperazine rings is 1. The van der Waals surface area contributed by atoms with E-state index in [9.17, 15) is 8.42 Å². The Labute approximate surface area is 201 Å². The highest BCUT2D eigenvalue weighted by Gasteiger charge is 2.23. The number of hydrogen-bond donors (Lipinski definition) is 0. The number of ether oxygens (including phenoxy) is 2. The summed E-state index contributed by atoms with van der Waals surface area (Å²) in [5.74, 6) is 1.78. The van der Waals surface area contributed by atoms with Crippen LogP contribution >= 0.6 is 0 Å². The summed E-state index contributed by atoms with van der Waals surface area (Å²) >= 11 is 0. The van der Waals surface area contributed by atoms with Crippen molar-refractivity contribution in [2.75, 3.05) is 45.3 Å². The third-order valence-electron chi connectivity index (χ3n) is 5.94. The molecule has 0 bridgehead atoms. The SMILES string of the molecule is COc1ccc(CN2CCN(c3ccccc3OS(=O)(=O)c3ccc(C)cc3)CC2)cc1OC. The summed E-state index contributed by atoms with van der Waals surface area (Å²) in [6.45, 7) is 5.92. The largest absolute Gasteiger partial charge is 0.493 e. The third kappa shape index (κ3) is 5.46. The molecule has 180 valence electrons. The Hall–Kier alpha value is -3.23. The van der Waals surface area contributed by atoms with Gasteiger partial charge in [-0.1, -0.05) is 35.9 Å². The lowest BCUT2D eigenvalue weighted by Gasteiger charge is -2.36. The van der Waals surface area contributed by atoms with Crippen molar-refractivity contribution >= 4 is 15.8 Å². The van der Waals surface area contributed by atoms with Crippen LogP contribution in [-0.2, 0) is 16.7 Å². The number of nitrogens with zero attached hydrogens (tertiary/aromatic N) is 2. The molecule has 0 aromatic heterocycles. The normalized spacial score (nSPS) is 14.6. The van der Waals surface area contributed by atoms with Gasteiger partial charge in [0.05, 0.1) is 19.9 Å². The van der Waals surface area contributed by atoms with Crippen molar-refractivity contribution in [2.45, 2.75) is 18.4 Å². The molecule has 3 aromatic rings. The van der Waals surface area contributed by atoms with Gasteiger partial charge in [-0.15, -0.1) is 0 Å². The molecule has 0 aliphatic carbocycles. The molecule has 0 N–H and O–H groups in total. The van der Waals surface area contributed by atoms with Gasteiger partial charge in [0, 0.05) is 32.7 Å². The minimum Gasteiger partial charge on any atom is -0.493 e. The molecule has 34 heavy (non-hydrogen) atoms. The second-order valence-electron chi connectivity index (χ2n) is 8.27. The van der Waals surface area contributed by atoms with Crippen molar-refractivity contribution in [1.82, 2.24) is 4.90 Å². The highest BCUT2D eigenvalue weighted by atomic mass is 32.2. The zero-order valence-corrected chi connectivity index (χ0v) is 20.5. The zero-order valence-electron chi connectivity index (χ0n) is 19.7. The molecule has 0 spiro atoms. The number of para-hydroxylation sites is 2. The van der Waals surface area contributed by atoms with Crippen LogP contribution in [0.5, 0.6) is 17.2 Å². The van der Waals surface area contributed by atoms with Gasteiger partial charge in [0.15, 0.2) is 17.2 Å². The first kappa shape index (κ1) is 23.9. The van der Waals surface area contributed by atoms with Crippen molar-refractivity contribution in [1.29, 1.82) is 0 Å². The molecule has 7 nitrogen and oxygen atoms in total. The first-order chi connectivity index (χ1) is 16.4. The lowest BCUT2D eigenvalue weighted by molar-refractivity contribution is 0.249. The van der Waals surface area contributed by atoms with Crippen molar-refractivity contribution in [3.05, 3.63) is 77.9 Å². The van der Waals surface area contributed by atoms with E-state index in [0.717, 1.165) is 55.3 Å². The molecule has 0 unspecified atom stereocenters. The minimum atomic E-state index is -3.91. The molecule has 1 aliphatic rings. The van der Waals surface area contributed by atoms with E-state index >= 15 is 0 Å². The van der Waals surface area contributed by atoms with Gasteiger partial charge in [-0.25, -0.2) is 0 Å². The van der Waals surface area contributed by atoms with Gasteiger partial charge in [0.1, 0.15) is 4.90 Å². The maximum absolute atomic E-state index is 12.8. The quantitative estimate of drug-likeness (QED) is 0.448. The minimum absolute atomic E-state index is 0.146. The Balaban J connectivity index is 1.43. The van der Waals surface area contributed by atoms with Crippen LogP contribution in [0.25, 0.3) is 0 Å². The van der Waals surface area contributed by atoms with Gasteiger partial charge in [0.25, 0.3) is 0 Å². The summed E-state index contributed by atoms with van der Waals surface area (Å²) in [6, 6.07) is 19.9. The smallest absolute Gasteiger partial charge is 0.339 e. The van der Waals surface area contributed by atoms with Crippen LogP contribution in [0, 0.1) is 6.92 Å². The molecule has 1 aliphatic heterocycles. The van der Waals surface area contributed by atoms with Gasteiger partial charge in [-0.3, -0.25) is 4.90 Å². The maximum Gasteiger partial charge on any atom is 0.339 e. The molecule has 1 fully saturated rings. The lowest BCUT2D eigenvalue weighted by atomic mass is 10.1. The van der Waals surface area contributed by atoms with Crippen molar-refractivity contribution in [3.63, 3.8) is 0 Å². The molecule has 0 radical (unpaired) electrons. The molecule has 3 aromatic carbocycles. The van der Waals surface area contributed by atoms with E-state index < -0.39 is 10.1 Å². The van der Waals surface area contributed by atoms with E-state index in [1.54, 1.807) is 50.6 Å². The molecule has 8 heteroatoms. The summed E-state index contributed by atoms with van der Waals surface area (Å²) in [5.41, 5.74) is 2.92. The summed E-state index contributed by atoms with van der Waals surface area (Å²) in [6.07, 6.45) is 0. The molecule has 0 amide bonds. The van der Waals surface area contributed by atoms with Crippen LogP contribution in [0.1, 0.15) is 11.1 Å². The van der Waals surface area contributed by atoms with E-state index in [-0.39, 0.29) is 4.90 Å². The van der Waals surface area contributed by atoms with Gasteiger partial charge < -0.3 is 18.6 Å². The number of aryl methyl sites for hydroxylation is 1. The van der Waals surface area contributed by atoms with Gasteiger partial charge in [0.2, 0.25) is 0 Å². The second kappa shape index (κ2) is 10.4. The van der Waals surface area contributed by atoms with Gasteiger partial charge >= 0.3 is 10.1 Å². The molecular weight excluding hydrogens is 452 g/mol. The number of benzene rings is 3. The molecular formula is C26H30N2O5S. The summed E-state index contributed by atoms with van der Waals surface area (Å²) in [7, 11) is -0.647. The third-order valence-corrected chi connectivity index (χ3v) is 7.19. The predicted molar refractivity (Wildman–Crippen MR) is 132 cm³/mol. The average molecular weight is 483 g/mol. The monoisotopic (exact) mass is 482 g/mol. The van der Waals surface area contributed by atoms with Crippen molar-refractivity contribution in [2.24, 2.45) is 0 Å². The summed E-state index contributed by atoms with van der Waals surface area (Å²) in [4.78, 5) is 4.68. The van der Waals surface area contributed by atoms with Crippen LogP contribution in [0.4, 0.5) is 5.69 Å². The summed E-state index contributed by atoms with van der Waals surface area (Å²) < 4.78 is 42.0. The molecule has 0 saturated carbocycles. The summed E-state index contributed by atoms with van der Waals surface area (Å²) in [5, 5.41) is 0. The van der Waals surface area contributed by atoms with Crippen LogP contribution in [0.2, 0.25) is 0 Å². The van der Waals surface area contributed by atoms with Gasteiger partial charge in [-0.05, 0) is 48.9 Å². The molecule has 1 heterocycles. The van der Waals surface area contributed by atoms with Gasteiger partial charge in [-0.2, -0.15) is 8.42 Å². The molecule has 0 atom stereocenters. The predicted octanol–water partition coefficient (Wildman–Crippen LogP) is 4.10.